The summed E-state index contributed by atoms with van der Waals surface area (Å²) in [4.78, 5) is 4.10. The third-order valence-electron chi connectivity index (χ3n) is 4.17. The lowest BCUT2D eigenvalue weighted by Gasteiger charge is -2.25. The fourth-order valence-corrected chi connectivity index (χ4v) is 4.29. The number of anilines is 1. The average Bonchev–Trinajstić information content (AvgIpc) is 2.66. The molecule has 0 saturated heterocycles. The molecule has 1 aromatic heterocycles. The highest BCUT2D eigenvalue weighted by Gasteiger charge is 2.23. The molecular formula is C21H22N2O2S. The summed E-state index contributed by atoms with van der Waals surface area (Å²) < 4.78 is 27.7. The first-order valence-electron chi connectivity index (χ1n) is 8.54. The van der Waals surface area contributed by atoms with Crippen LogP contribution < -0.4 is 4.31 Å². The summed E-state index contributed by atoms with van der Waals surface area (Å²) in [5.41, 5.74) is 3.58. The van der Waals surface area contributed by atoms with Gasteiger partial charge in [-0.25, -0.2) is 8.42 Å². The number of aromatic nitrogens is 1. The van der Waals surface area contributed by atoms with Crippen molar-refractivity contribution in [3.8, 4) is 0 Å². The van der Waals surface area contributed by atoms with E-state index in [1.807, 2.05) is 73.7 Å². The maximum atomic E-state index is 13.1. The van der Waals surface area contributed by atoms with E-state index in [4.69, 9.17) is 0 Å². The van der Waals surface area contributed by atoms with Gasteiger partial charge in [-0.2, -0.15) is 0 Å². The minimum absolute atomic E-state index is 0.0607. The molecule has 0 radical (unpaired) electrons. The second-order valence-electron chi connectivity index (χ2n) is 6.26. The average molecular weight is 366 g/mol. The Morgan fingerprint density at radius 2 is 1.69 bits per heavy atom. The first kappa shape index (κ1) is 18.1. The van der Waals surface area contributed by atoms with Crippen LogP contribution in [0.1, 0.15) is 16.7 Å². The van der Waals surface area contributed by atoms with Crippen molar-refractivity contribution in [2.45, 2.75) is 19.9 Å². The van der Waals surface area contributed by atoms with Gasteiger partial charge >= 0.3 is 0 Å². The van der Waals surface area contributed by atoms with Crippen molar-refractivity contribution in [3.05, 3.63) is 95.8 Å². The van der Waals surface area contributed by atoms with E-state index in [1.165, 1.54) is 4.31 Å². The Bertz CT molecular complexity index is 942. The summed E-state index contributed by atoms with van der Waals surface area (Å²) in [6.45, 7) is 2.23. The molecule has 0 N–H and O–H groups in total. The van der Waals surface area contributed by atoms with E-state index in [9.17, 15) is 8.42 Å². The number of rotatable bonds is 7. The lowest BCUT2D eigenvalue weighted by Crippen LogP contribution is -2.33. The van der Waals surface area contributed by atoms with Gasteiger partial charge in [0, 0.05) is 12.4 Å². The molecule has 0 aliphatic carbocycles. The molecule has 1 heterocycles. The van der Waals surface area contributed by atoms with Gasteiger partial charge in [0.2, 0.25) is 10.0 Å². The number of benzene rings is 2. The maximum absolute atomic E-state index is 13.1. The zero-order chi connectivity index (χ0) is 18.4. The Hall–Kier alpha value is -2.66. The molecule has 0 amide bonds. The largest absolute Gasteiger partial charge is 0.266 e. The molecule has 0 unspecified atom stereocenters. The molecule has 0 fully saturated rings. The van der Waals surface area contributed by atoms with Crippen LogP contribution in [-0.4, -0.2) is 19.2 Å². The number of hydrogen-bond acceptors (Lipinski definition) is 3. The van der Waals surface area contributed by atoms with Crippen LogP contribution in [0.3, 0.4) is 0 Å². The fraction of sp³-hybridized carbons (Fsp3) is 0.190. The second kappa shape index (κ2) is 8.15. The van der Waals surface area contributed by atoms with E-state index in [-0.39, 0.29) is 12.3 Å². The van der Waals surface area contributed by atoms with E-state index >= 15 is 0 Å². The summed E-state index contributed by atoms with van der Waals surface area (Å²) in [6, 6.07) is 21.0. The molecule has 3 aromatic rings. The Labute approximate surface area is 155 Å². The van der Waals surface area contributed by atoms with Gasteiger partial charge in [-0.3, -0.25) is 9.29 Å². The van der Waals surface area contributed by atoms with Crippen molar-refractivity contribution < 1.29 is 8.42 Å². The van der Waals surface area contributed by atoms with Crippen LogP contribution in [0.2, 0.25) is 0 Å². The third kappa shape index (κ3) is 4.70. The molecule has 134 valence electrons. The van der Waals surface area contributed by atoms with Gasteiger partial charge in [0.25, 0.3) is 0 Å². The second-order valence-corrected chi connectivity index (χ2v) is 8.27. The molecule has 0 bridgehead atoms. The Morgan fingerprint density at radius 3 is 2.38 bits per heavy atom. The highest BCUT2D eigenvalue weighted by molar-refractivity contribution is 7.92. The van der Waals surface area contributed by atoms with Crippen LogP contribution in [0.15, 0.2) is 79.1 Å². The minimum atomic E-state index is -3.48. The van der Waals surface area contributed by atoms with Crippen LogP contribution in [0, 0.1) is 6.92 Å². The number of pyridine rings is 1. The van der Waals surface area contributed by atoms with Crippen LogP contribution in [0.5, 0.6) is 0 Å². The molecule has 3 rings (SSSR count). The molecule has 4 nitrogen and oxygen atoms in total. The minimum Gasteiger partial charge on any atom is -0.266 e. The third-order valence-corrected chi connectivity index (χ3v) is 5.90. The first-order valence-corrected chi connectivity index (χ1v) is 10.2. The summed E-state index contributed by atoms with van der Waals surface area (Å²) in [7, 11) is -3.48. The van der Waals surface area contributed by atoms with Crippen LogP contribution in [0.25, 0.3) is 0 Å². The van der Waals surface area contributed by atoms with Gasteiger partial charge in [0.1, 0.15) is 0 Å². The Morgan fingerprint density at radius 1 is 0.923 bits per heavy atom. The van der Waals surface area contributed by atoms with E-state index in [0.29, 0.717) is 12.1 Å². The molecule has 0 atom stereocenters. The van der Waals surface area contributed by atoms with E-state index in [0.717, 1.165) is 16.7 Å². The van der Waals surface area contributed by atoms with Crippen molar-refractivity contribution >= 4 is 15.7 Å². The molecule has 2 aromatic carbocycles. The van der Waals surface area contributed by atoms with E-state index in [1.54, 1.807) is 12.4 Å². The van der Waals surface area contributed by atoms with Crippen LogP contribution in [-0.2, 0) is 23.0 Å². The Kier molecular flexibility index (Phi) is 5.68. The van der Waals surface area contributed by atoms with Crippen LogP contribution >= 0.6 is 0 Å². The first-order chi connectivity index (χ1) is 12.5. The summed E-state index contributed by atoms with van der Waals surface area (Å²) in [5.74, 6) is 0.0607. The van der Waals surface area contributed by atoms with Crippen molar-refractivity contribution in [2.24, 2.45) is 0 Å². The molecule has 0 spiro atoms. The lowest BCUT2D eigenvalue weighted by molar-refractivity contribution is 0.589. The van der Waals surface area contributed by atoms with Gasteiger partial charge in [-0.1, -0.05) is 48.5 Å². The monoisotopic (exact) mass is 366 g/mol. The Balaban J connectivity index is 1.88. The van der Waals surface area contributed by atoms with E-state index < -0.39 is 10.0 Å². The summed E-state index contributed by atoms with van der Waals surface area (Å²) >= 11 is 0. The van der Waals surface area contributed by atoms with Crippen molar-refractivity contribution in [1.29, 1.82) is 0 Å². The van der Waals surface area contributed by atoms with Gasteiger partial charge in [0.15, 0.2) is 0 Å². The van der Waals surface area contributed by atoms with Crippen molar-refractivity contribution in [2.75, 3.05) is 10.1 Å². The number of hydrogen-bond donors (Lipinski definition) is 0. The quantitative estimate of drug-likeness (QED) is 0.636. The number of sulfonamides is 1. The van der Waals surface area contributed by atoms with Gasteiger partial charge in [0.05, 0.1) is 18.0 Å². The van der Waals surface area contributed by atoms with Gasteiger partial charge in [-0.05, 0) is 48.2 Å². The molecule has 26 heavy (non-hydrogen) atoms. The number of nitrogens with zero attached hydrogens (tertiary/aromatic N) is 2. The molecule has 0 saturated carbocycles. The highest BCUT2D eigenvalue weighted by atomic mass is 32.2. The van der Waals surface area contributed by atoms with Crippen molar-refractivity contribution in [3.63, 3.8) is 0 Å². The SMILES string of the molecule is Cc1cccc(N(Cc2cccnc2)S(=O)(=O)CCc2ccccc2)c1. The summed E-state index contributed by atoms with van der Waals surface area (Å²) in [6.07, 6.45) is 3.87. The summed E-state index contributed by atoms with van der Waals surface area (Å²) in [5, 5.41) is 0. The predicted molar refractivity (Wildman–Crippen MR) is 106 cm³/mol. The standard InChI is InChI=1S/C21H22N2O2S/c1-18-7-5-11-21(15-18)23(17-20-10-6-13-22-16-20)26(24,25)14-12-19-8-3-2-4-9-19/h2-11,13,15-16H,12,14,17H2,1H3. The fourth-order valence-electron chi connectivity index (χ4n) is 2.79. The van der Waals surface area contributed by atoms with Crippen LogP contribution in [0.4, 0.5) is 5.69 Å². The zero-order valence-corrected chi connectivity index (χ0v) is 15.6. The zero-order valence-electron chi connectivity index (χ0n) is 14.7. The molecule has 0 aliphatic heterocycles. The number of aryl methyl sites for hydroxylation is 2. The predicted octanol–water partition coefficient (Wildman–Crippen LogP) is 3.97. The normalized spacial score (nSPS) is 11.3. The molecule has 0 aliphatic rings. The highest BCUT2D eigenvalue weighted by Crippen LogP contribution is 2.23. The maximum Gasteiger partial charge on any atom is 0.235 e. The molecule has 5 heteroatoms. The lowest BCUT2D eigenvalue weighted by atomic mass is 10.2. The van der Waals surface area contributed by atoms with E-state index in [2.05, 4.69) is 4.98 Å². The molecular weight excluding hydrogens is 344 g/mol. The van der Waals surface area contributed by atoms with Gasteiger partial charge < -0.3 is 0 Å². The topological polar surface area (TPSA) is 50.3 Å². The van der Waals surface area contributed by atoms with Gasteiger partial charge in [-0.15, -0.1) is 0 Å². The van der Waals surface area contributed by atoms with Crippen molar-refractivity contribution in [1.82, 2.24) is 4.98 Å². The smallest absolute Gasteiger partial charge is 0.235 e.